The summed E-state index contributed by atoms with van der Waals surface area (Å²) < 4.78 is 4.65. The van der Waals surface area contributed by atoms with Crippen LogP contribution in [0.25, 0.3) is 55.1 Å². The lowest BCUT2D eigenvalue weighted by molar-refractivity contribution is 0.674. The standard InChI is InChI=1S/C44H30N6/c1-4-14-29(15-5-1)42-46-43(30-16-6-2-7-17-30)48-44(47-42)31-24-25-41(45-28-31)50-38-23-13-11-21-34(38)36-26-39-35(27-40(36)50)33-20-10-12-22-37(33)49(39)32-18-8-3-9-19-32/h1-28,42H,(H,46,47,48). The van der Waals surface area contributed by atoms with Crippen molar-refractivity contribution in [2.24, 2.45) is 9.98 Å². The summed E-state index contributed by atoms with van der Waals surface area (Å²) >= 11 is 0. The molecule has 1 aliphatic heterocycles. The third kappa shape index (κ3) is 4.54. The molecule has 6 nitrogen and oxygen atoms in total. The number of aliphatic imine (C=N–C) groups is 2. The second kappa shape index (κ2) is 11.4. The summed E-state index contributed by atoms with van der Waals surface area (Å²) in [7, 11) is 0. The summed E-state index contributed by atoms with van der Waals surface area (Å²) in [6.45, 7) is 0. The monoisotopic (exact) mass is 642 g/mol. The third-order valence-corrected chi connectivity index (χ3v) is 9.62. The fourth-order valence-electron chi connectivity index (χ4n) is 7.31. The zero-order chi connectivity index (χ0) is 33.0. The molecule has 50 heavy (non-hydrogen) atoms. The van der Waals surface area contributed by atoms with Crippen LogP contribution in [0.3, 0.4) is 0 Å². The van der Waals surface area contributed by atoms with Crippen molar-refractivity contribution in [1.29, 1.82) is 0 Å². The van der Waals surface area contributed by atoms with Gasteiger partial charge in [0.2, 0.25) is 0 Å². The molecule has 1 unspecified atom stereocenters. The fourth-order valence-corrected chi connectivity index (χ4v) is 7.31. The number of hydrogen-bond acceptors (Lipinski definition) is 4. The molecule has 0 fully saturated rings. The Morgan fingerprint density at radius 1 is 0.480 bits per heavy atom. The predicted molar refractivity (Wildman–Crippen MR) is 205 cm³/mol. The lowest BCUT2D eigenvalue weighted by Crippen LogP contribution is -2.33. The number of para-hydroxylation sites is 3. The molecule has 0 spiro atoms. The van der Waals surface area contributed by atoms with Gasteiger partial charge in [0.25, 0.3) is 0 Å². The maximum absolute atomic E-state index is 5.07. The van der Waals surface area contributed by atoms with E-state index in [2.05, 4.69) is 142 Å². The number of pyridine rings is 1. The fraction of sp³-hybridized carbons (Fsp3) is 0.0227. The van der Waals surface area contributed by atoms with Gasteiger partial charge in [-0.05, 0) is 54.1 Å². The first-order chi connectivity index (χ1) is 24.8. The maximum Gasteiger partial charge on any atom is 0.160 e. The van der Waals surface area contributed by atoms with Crippen LogP contribution in [0.5, 0.6) is 0 Å². The first kappa shape index (κ1) is 28.2. The second-order valence-electron chi connectivity index (χ2n) is 12.6. The Labute approximate surface area is 288 Å². The van der Waals surface area contributed by atoms with Crippen LogP contribution in [0, 0.1) is 0 Å². The highest BCUT2D eigenvalue weighted by atomic mass is 15.2. The van der Waals surface area contributed by atoms with E-state index in [1.165, 1.54) is 32.6 Å². The van der Waals surface area contributed by atoms with E-state index >= 15 is 0 Å². The van der Waals surface area contributed by atoms with Gasteiger partial charge in [0.15, 0.2) is 5.84 Å². The quantitative estimate of drug-likeness (QED) is 0.203. The van der Waals surface area contributed by atoms with Crippen LogP contribution >= 0.6 is 0 Å². The van der Waals surface area contributed by atoms with Crippen molar-refractivity contribution in [1.82, 2.24) is 19.4 Å². The molecule has 236 valence electrons. The average molecular weight is 643 g/mol. The van der Waals surface area contributed by atoms with Crippen LogP contribution < -0.4 is 5.32 Å². The molecule has 0 saturated carbocycles. The van der Waals surface area contributed by atoms with Crippen LogP contribution in [0.2, 0.25) is 0 Å². The van der Waals surface area contributed by atoms with Gasteiger partial charge in [0.1, 0.15) is 17.8 Å². The number of hydrogen-bond donors (Lipinski definition) is 1. The molecule has 0 radical (unpaired) electrons. The van der Waals surface area contributed by atoms with Gasteiger partial charge in [-0.2, -0.15) is 0 Å². The summed E-state index contributed by atoms with van der Waals surface area (Å²) in [5.41, 5.74) is 8.68. The smallest absolute Gasteiger partial charge is 0.160 e. The Morgan fingerprint density at radius 3 is 1.72 bits per heavy atom. The molecule has 6 heteroatoms. The van der Waals surface area contributed by atoms with E-state index in [0.717, 1.165) is 45.1 Å². The molecule has 1 atom stereocenters. The summed E-state index contributed by atoms with van der Waals surface area (Å²) in [6, 6.07) is 57.2. The predicted octanol–water partition coefficient (Wildman–Crippen LogP) is 9.77. The minimum absolute atomic E-state index is 0.267. The van der Waals surface area contributed by atoms with Crippen molar-refractivity contribution in [2.45, 2.75) is 6.17 Å². The summed E-state index contributed by atoms with van der Waals surface area (Å²) in [5.74, 6) is 2.27. The minimum Gasteiger partial charge on any atom is -0.344 e. The molecule has 10 rings (SSSR count). The lowest BCUT2D eigenvalue weighted by Gasteiger charge is -2.23. The molecule has 1 aliphatic rings. The molecule has 3 aromatic heterocycles. The summed E-state index contributed by atoms with van der Waals surface area (Å²) in [4.78, 5) is 15.1. The molecule has 9 aromatic rings. The highest BCUT2D eigenvalue weighted by Crippen LogP contribution is 2.39. The summed E-state index contributed by atoms with van der Waals surface area (Å²) in [5, 5.41) is 8.33. The normalized spacial score (nSPS) is 14.6. The van der Waals surface area contributed by atoms with E-state index < -0.39 is 0 Å². The molecule has 0 aliphatic carbocycles. The molecule has 1 N–H and O–H groups in total. The largest absolute Gasteiger partial charge is 0.344 e. The number of rotatable bonds is 5. The van der Waals surface area contributed by atoms with Gasteiger partial charge in [0.05, 0.1) is 22.1 Å². The Bertz CT molecular complexity index is 2760. The number of nitrogens with zero attached hydrogens (tertiary/aromatic N) is 5. The lowest BCUT2D eigenvalue weighted by atomic mass is 10.1. The van der Waals surface area contributed by atoms with Gasteiger partial charge < -0.3 is 9.88 Å². The number of amidine groups is 2. The Kier molecular flexibility index (Phi) is 6.45. The van der Waals surface area contributed by atoms with Crippen molar-refractivity contribution in [3.05, 3.63) is 187 Å². The van der Waals surface area contributed by atoms with Gasteiger partial charge in [0, 0.05) is 44.6 Å². The van der Waals surface area contributed by atoms with E-state index in [-0.39, 0.29) is 6.17 Å². The van der Waals surface area contributed by atoms with Crippen LogP contribution in [-0.2, 0) is 0 Å². The van der Waals surface area contributed by atoms with Gasteiger partial charge in [-0.3, -0.25) is 4.57 Å². The number of fused-ring (bicyclic) bond motifs is 6. The van der Waals surface area contributed by atoms with Gasteiger partial charge in [-0.1, -0.05) is 115 Å². The average Bonchev–Trinajstić information content (AvgIpc) is 3.70. The number of benzene rings is 6. The van der Waals surface area contributed by atoms with Crippen molar-refractivity contribution in [2.75, 3.05) is 0 Å². The molecule has 0 bridgehead atoms. The third-order valence-electron chi connectivity index (χ3n) is 9.62. The Hall–Kier alpha value is -6.79. The Balaban J connectivity index is 1.14. The minimum atomic E-state index is -0.267. The molecular formula is C44H30N6. The molecule has 0 saturated heterocycles. The highest BCUT2D eigenvalue weighted by molar-refractivity contribution is 6.19. The molecule has 4 heterocycles. The first-order valence-corrected chi connectivity index (χ1v) is 16.8. The van der Waals surface area contributed by atoms with Crippen molar-refractivity contribution in [3.8, 4) is 11.5 Å². The number of aromatic nitrogens is 3. The van der Waals surface area contributed by atoms with Crippen LogP contribution in [-0.4, -0.2) is 25.8 Å². The topological polar surface area (TPSA) is 59.5 Å². The summed E-state index contributed by atoms with van der Waals surface area (Å²) in [6.07, 6.45) is 1.63. The van der Waals surface area contributed by atoms with E-state index in [9.17, 15) is 0 Å². The van der Waals surface area contributed by atoms with Crippen LogP contribution in [0.1, 0.15) is 22.9 Å². The zero-order valence-electron chi connectivity index (χ0n) is 27.0. The van der Waals surface area contributed by atoms with E-state index in [1.54, 1.807) is 0 Å². The SMILES string of the molecule is c1ccc(C2=NC(c3ccc(-n4c5ccccc5c5cc6c(cc54)c4ccccc4n6-c4ccccc4)nc3)=NC(c3ccccc3)N2)cc1. The highest BCUT2D eigenvalue weighted by Gasteiger charge is 2.22. The van der Waals surface area contributed by atoms with Gasteiger partial charge in [-0.25, -0.2) is 15.0 Å². The van der Waals surface area contributed by atoms with Gasteiger partial charge in [-0.15, -0.1) is 0 Å². The van der Waals surface area contributed by atoms with E-state index in [4.69, 9.17) is 15.0 Å². The van der Waals surface area contributed by atoms with Crippen molar-refractivity contribution in [3.63, 3.8) is 0 Å². The molecule has 6 aromatic carbocycles. The van der Waals surface area contributed by atoms with Crippen LogP contribution in [0.4, 0.5) is 0 Å². The van der Waals surface area contributed by atoms with Gasteiger partial charge >= 0.3 is 0 Å². The Morgan fingerprint density at radius 2 is 1.06 bits per heavy atom. The van der Waals surface area contributed by atoms with Crippen LogP contribution in [0.15, 0.2) is 180 Å². The first-order valence-electron chi connectivity index (χ1n) is 16.8. The molecular weight excluding hydrogens is 613 g/mol. The number of nitrogens with one attached hydrogen (secondary N) is 1. The molecule has 0 amide bonds. The zero-order valence-corrected chi connectivity index (χ0v) is 27.0. The van der Waals surface area contributed by atoms with E-state index in [1.807, 2.05) is 42.6 Å². The van der Waals surface area contributed by atoms with Crippen molar-refractivity contribution < 1.29 is 0 Å². The maximum atomic E-state index is 5.07. The van der Waals surface area contributed by atoms with E-state index in [0.29, 0.717) is 5.84 Å². The van der Waals surface area contributed by atoms with Crippen molar-refractivity contribution >= 4 is 55.3 Å². The second-order valence-corrected chi connectivity index (χ2v) is 12.6.